The van der Waals surface area contributed by atoms with Crippen LogP contribution in [0.4, 0.5) is 0 Å². The average molecular weight is 436 g/mol. The number of rotatable bonds is 3. The number of benzene rings is 2. The van der Waals surface area contributed by atoms with E-state index in [1.54, 1.807) is 24.3 Å². The predicted molar refractivity (Wildman–Crippen MR) is 111 cm³/mol. The number of carbonyl (C=O) groups is 2. The second-order valence-electron chi connectivity index (χ2n) is 7.52. The SMILES string of the molecule is CC(=O)Oc1cc(C(C)(C)C)c(OC(C)=O)c2c(-c3c(Cl)cccc3Cl)noc12. The monoisotopic (exact) mass is 435 g/mol. The number of esters is 2. The maximum absolute atomic E-state index is 11.9. The normalized spacial score (nSPS) is 11.6. The summed E-state index contributed by atoms with van der Waals surface area (Å²) in [6.45, 7) is 8.40. The third-order valence-corrected chi connectivity index (χ3v) is 4.80. The summed E-state index contributed by atoms with van der Waals surface area (Å²) in [5.41, 5.74) is 1.01. The smallest absolute Gasteiger partial charge is 0.308 e. The Morgan fingerprint density at radius 3 is 2.14 bits per heavy atom. The lowest BCUT2D eigenvalue weighted by molar-refractivity contribution is -0.133. The minimum atomic E-state index is -0.528. The zero-order valence-electron chi connectivity index (χ0n) is 16.6. The number of hydrogen-bond acceptors (Lipinski definition) is 6. The summed E-state index contributed by atoms with van der Waals surface area (Å²) < 4.78 is 16.4. The first-order valence-corrected chi connectivity index (χ1v) is 9.54. The van der Waals surface area contributed by atoms with Gasteiger partial charge in [0.2, 0.25) is 5.58 Å². The van der Waals surface area contributed by atoms with Gasteiger partial charge in [-0.2, -0.15) is 0 Å². The fourth-order valence-electron chi connectivity index (χ4n) is 3.00. The van der Waals surface area contributed by atoms with Crippen molar-refractivity contribution in [2.45, 2.75) is 40.0 Å². The fourth-order valence-corrected chi connectivity index (χ4v) is 3.57. The molecular weight excluding hydrogens is 417 g/mol. The minimum Gasteiger partial charge on any atom is -0.426 e. The van der Waals surface area contributed by atoms with E-state index in [1.807, 2.05) is 20.8 Å². The number of ether oxygens (including phenoxy) is 2. The van der Waals surface area contributed by atoms with Crippen LogP contribution in [0.5, 0.6) is 11.5 Å². The lowest BCUT2D eigenvalue weighted by Crippen LogP contribution is -2.16. The molecular formula is C21H19Cl2NO5. The van der Waals surface area contributed by atoms with Crippen LogP contribution in [0.2, 0.25) is 10.0 Å². The van der Waals surface area contributed by atoms with Crippen molar-refractivity contribution in [2.75, 3.05) is 0 Å². The van der Waals surface area contributed by atoms with Crippen LogP contribution < -0.4 is 9.47 Å². The summed E-state index contributed by atoms with van der Waals surface area (Å²) in [5.74, 6) is -0.632. The number of carbonyl (C=O) groups excluding carboxylic acids is 2. The molecule has 0 aliphatic rings. The number of hydrogen-bond donors (Lipinski definition) is 0. The molecule has 0 atom stereocenters. The first kappa shape index (κ1) is 21.1. The van der Waals surface area contributed by atoms with Crippen LogP contribution in [0.1, 0.15) is 40.2 Å². The van der Waals surface area contributed by atoms with Gasteiger partial charge in [0.15, 0.2) is 5.75 Å². The van der Waals surface area contributed by atoms with E-state index in [4.69, 9.17) is 37.2 Å². The Kier molecular flexibility index (Phi) is 5.61. The Labute approximate surface area is 177 Å². The number of halogens is 2. The topological polar surface area (TPSA) is 78.6 Å². The van der Waals surface area contributed by atoms with Crippen LogP contribution in [0.25, 0.3) is 22.2 Å². The molecule has 2 aromatic carbocycles. The number of aromatic nitrogens is 1. The van der Waals surface area contributed by atoms with Gasteiger partial charge >= 0.3 is 11.9 Å². The van der Waals surface area contributed by atoms with Crippen molar-refractivity contribution in [3.8, 4) is 22.8 Å². The van der Waals surface area contributed by atoms with Gasteiger partial charge in [0.25, 0.3) is 0 Å². The lowest BCUT2D eigenvalue weighted by atomic mass is 9.84. The van der Waals surface area contributed by atoms with E-state index in [-0.39, 0.29) is 22.8 Å². The van der Waals surface area contributed by atoms with Gasteiger partial charge < -0.3 is 14.0 Å². The van der Waals surface area contributed by atoms with Crippen molar-refractivity contribution < 1.29 is 23.6 Å². The van der Waals surface area contributed by atoms with Gasteiger partial charge in [-0.05, 0) is 23.6 Å². The molecule has 3 aromatic rings. The predicted octanol–water partition coefficient (Wildman–Crippen LogP) is 5.95. The van der Waals surface area contributed by atoms with E-state index in [9.17, 15) is 9.59 Å². The third-order valence-electron chi connectivity index (χ3n) is 4.17. The van der Waals surface area contributed by atoms with Crippen LogP contribution in [0.15, 0.2) is 28.8 Å². The van der Waals surface area contributed by atoms with Crippen molar-refractivity contribution >= 4 is 46.1 Å². The van der Waals surface area contributed by atoms with Gasteiger partial charge in [-0.15, -0.1) is 0 Å². The Hall–Kier alpha value is -2.57. The lowest BCUT2D eigenvalue weighted by Gasteiger charge is -2.23. The first-order valence-electron chi connectivity index (χ1n) is 8.78. The van der Waals surface area contributed by atoms with Crippen molar-refractivity contribution in [2.24, 2.45) is 0 Å². The van der Waals surface area contributed by atoms with Crippen molar-refractivity contribution in [1.29, 1.82) is 0 Å². The molecule has 0 spiro atoms. The van der Waals surface area contributed by atoms with E-state index in [0.29, 0.717) is 26.6 Å². The maximum atomic E-state index is 11.9. The van der Waals surface area contributed by atoms with Gasteiger partial charge in [-0.1, -0.05) is 55.2 Å². The van der Waals surface area contributed by atoms with Crippen molar-refractivity contribution in [3.05, 3.63) is 39.9 Å². The summed E-state index contributed by atoms with van der Waals surface area (Å²) in [5, 5.41) is 5.15. The van der Waals surface area contributed by atoms with Gasteiger partial charge in [0.1, 0.15) is 11.4 Å². The van der Waals surface area contributed by atoms with Crippen LogP contribution in [0.3, 0.4) is 0 Å². The third kappa shape index (κ3) is 4.09. The second-order valence-corrected chi connectivity index (χ2v) is 8.34. The standard InChI is InChI=1S/C21H19Cl2NO5/c1-10(25)27-15-9-12(21(3,4)5)19(28-11(2)26)17-18(24-29-20(15)17)16-13(22)7-6-8-14(16)23/h6-9H,1-5H3. The summed E-state index contributed by atoms with van der Waals surface area (Å²) in [4.78, 5) is 23.5. The molecule has 0 saturated carbocycles. The molecule has 8 heteroatoms. The zero-order valence-corrected chi connectivity index (χ0v) is 18.1. The summed E-state index contributed by atoms with van der Waals surface area (Å²) in [7, 11) is 0. The molecule has 3 rings (SSSR count). The maximum Gasteiger partial charge on any atom is 0.308 e. The largest absolute Gasteiger partial charge is 0.426 e. The van der Waals surface area contributed by atoms with Crippen LogP contribution in [-0.4, -0.2) is 17.1 Å². The number of nitrogens with zero attached hydrogens (tertiary/aromatic N) is 1. The van der Waals surface area contributed by atoms with Gasteiger partial charge in [-0.25, -0.2) is 0 Å². The molecule has 0 N–H and O–H groups in total. The van der Waals surface area contributed by atoms with E-state index in [1.165, 1.54) is 13.8 Å². The van der Waals surface area contributed by atoms with Gasteiger partial charge in [0, 0.05) is 25.0 Å². The highest BCUT2D eigenvalue weighted by Gasteiger charge is 2.31. The number of fused-ring (bicyclic) bond motifs is 1. The zero-order chi connectivity index (χ0) is 21.5. The Morgan fingerprint density at radius 1 is 1.03 bits per heavy atom. The minimum absolute atomic E-state index is 0.149. The van der Waals surface area contributed by atoms with Crippen molar-refractivity contribution in [3.63, 3.8) is 0 Å². The highest BCUT2D eigenvalue weighted by Crippen LogP contribution is 2.48. The van der Waals surface area contributed by atoms with E-state index in [0.717, 1.165) is 0 Å². The van der Waals surface area contributed by atoms with Crippen LogP contribution in [-0.2, 0) is 15.0 Å². The molecule has 0 aliphatic heterocycles. The molecule has 0 radical (unpaired) electrons. The average Bonchev–Trinajstić information content (AvgIpc) is 3.00. The van der Waals surface area contributed by atoms with Gasteiger partial charge in [0.05, 0.1) is 15.4 Å². The molecule has 29 heavy (non-hydrogen) atoms. The quantitative estimate of drug-likeness (QED) is 0.373. The fraction of sp³-hybridized carbons (Fsp3) is 0.286. The van der Waals surface area contributed by atoms with Crippen molar-refractivity contribution in [1.82, 2.24) is 5.16 Å². The molecule has 0 fully saturated rings. The highest BCUT2D eigenvalue weighted by molar-refractivity contribution is 6.39. The molecule has 1 aromatic heterocycles. The molecule has 0 saturated heterocycles. The Balaban J connectivity index is 2.50. The highest BCUT2D eigenvalue weighted by atomic mass is 35.5. The first-order chi connectivity index (χ1) is 13.5. The molecule has 6 nitrogen and oxygen atoms in total. The van der Waals surface area contributed by atoms with E-state index in [2.05, 4.69) is 5.16 Å². The van der Waals surface area contributed by atoms with Gasteiger partial charge in [-0.3, -0.25) is 9.59 Å². The molecule has 1 heterocycles. The molecule has 0 aliphatic carbocycles. The summed E-state index contributed by atoms with van der Waals surface area (Å²) >= 11 is 12.7. The molecule has 0 amide bonds. The molecule has 0 unspecified atom stereocenters. The summed E-state index contributed by atoms with van der Waals surface area (Å²) in [6.07, 6.45) is 0. The van der Waals surface area contributed by atoms with E-state index < -0.39 is 17.4 Å². The Bertz CT molecular complexity index is 1110. The van der Waals surface area contributed by atoms with Crippen LogP contribution >= 0.6 is 23.2 Å². The molecule has 152 valence electrons. The van der Waals surface area contributed by atoms with Crippen LogP contribution in [0, 0.1) is 0 Å². The Morgan fingerprint density at radius 2 is 1.62 bits per heavy atom. The second kappa shape index (κ2) is 7.69. The summed E-state index contributed by atoms with van der Waals surface area (Å²) in [6, 6.07) is 6.64. The van der Waals surface area contributed by atoms with E-state index >= 15 is 0 Å². The molecule has 0 bridgehead atoms.